The van der Waals surface area contributed by atoms with Crippen molar-refractivity contribution in [1.29, 1.82) is 0 Å². The van der Waals surface area contributed by atoms with E-state index < -0.39 is 16.6 Å². The van der Waals surface area contributed by atoms with Crippen molar-refractivity contribution in [2.45, 2.75) is 33.3 Å². The molecule has 0 aliphatic carbocycles. The lowest BCUT2D eigenvalue weighted by Gasteiger charge is -2.19. The maximum atomic E-state index is 11.9. The number of aryl methyl sites for hydroxylation is 1. The minimum Gasteiger partial charge on any atom is -0.497 e. The molecule has 0 atom stereocenters. The Labute approximate surface area is 196 Å². The van der Waals surface area contributed by atoms with Gasteiger partial charge in [-0.25, -0.2) is 9.78 Å². The summed E-state index contributed by atoms with van der Waals surface area (Å²) < 4.78 is 10.4. The molecule has 11 nitrogen and oxygen atoms in total. The third kappa shape index (κ3) is 6.55. The average Bonchev–Trinajstić information content (AvgIpc) is 2.75. The van der Waals surface area contributed by atoms with Crippen LogP contribution in [0.15, 0.2) is 48.7 Å². The zero-order valence-corrected chi connectivity index (χ0v) is 19.5. The van der Waals surface area contributed by atoms with Crippen LogP contribution in [0.4, 0.5) is 39.3 Å². The molecule has 0 bridgehead atoms. The van der Waals surface area contributed by atoms with Crippen LogP contribution < -0.4 is 20.7 Å². The molecule has 3 N–H and O–H groups in total. The molecular formula is C23H26N6O5. The van der Waals surface area contributed by atoms with Gasteiger partial charge in [-0.15, -0.1) is 0 Å². The highest BCUT2D eigenvalue weighted by Crippen LogP contribution is 2.29. The number of nitro groups is 1. The Morgan fingerprint density at radius 2 is 1.74 bits per heavy atom. The summed E-state index contributed by atoms with van der Waals surface area (Å²) >= 11 is 0. The van der Waals surface area contributed by atoms with Crippen molar-refractivity contribution in [1.82, 2.24) is 9.97 Å². The van der Waals surface area contributed by atoms with Crippen molar-refractivity contribution in [3.63, 3.8) is 0 Å². The second-order valence-corrected chi connectivity index (χ2v) is 8.32. The Morgan fingerprint density at radius 3 is 2.32 bits per heavy atom. The number of nitrogens with one attached hydrogen (secondary N) is 3. The predicted molar refractivity (Wildman–Crippen MR) is 129 cm³/mol. The molecule has 0 saturated heterocycles. The van der Waals surface area contributed by atoms with Crippen LogP contribution in [-0.4, -0.2) is 33.7 Å². The van der Waals surface area contributed by atoms with Gasteiger partial charge >= 0.3 is 11.8 Å². The maximum absolute atomic E-state index is 11.9. The second kappa shape index (κ2) is 10.0. The van der Waals surface area contributed by atoms with Crippen LogP contribution >= 0.6 is 0 Å². The smallest absolute Gasteiger partial charge is 0.412 e. The standard InChI is InChI=1S/C23H26N6O5/c1-14-12-17(33-5)10-11-18(14)27-21-24-13-19(29(31)32)20(28-21)25-15-6-8-16(9-7-15)26-22(30)34-23(2,3)4/h6-13H,1-5H3,(H,26,30)(H2,24,25,27,28). The van der Waals surface area contributed by atoms with E-state index in [9.17, 15) is 14.9 Å². The number of nitrogens with zero attached hydrogens (tertiary/aromatic N) is 3. The summed E-state index contributed by atoms with van der Waals surface area (Å²) in [5, 5.41) is 20.1. The van der Waals surface area contributed by atoms with E-state index in [4.69, 9.17) is 9.47 Å². The van der Waals surface area contributed by atoms with Crippen molar-refractivity contribution in [3.05, 3.63) is 64.3 Å². The summed E-state index contributed by atoms with van der Waals surface area (Å²) in [6.45, 7) is 7.20. The number of hydrogen-bond acceptors (Lipinski definition) is 9. The third-order valence-electron chi connectivity index (χ3n) is 4.44. The number of hydrogen-bond donors (Lipinski definition) is 3. The van der Waals surface area contributed by atoms with Gasteiger partial charge in [-0.1, -0.05) is 0 Å². The lowest BCUT2D eigenvalue weighted by molar-refractivity contribution is -0.384. The Balaban J connectivity index is 1.78. The molecule has 34 heavy (non-hydrogen) atoms. The number of amides is 1. The van der Waals surface area contributed by atoms with Gasteiger partial charge in [0.2, 0.25) is 11.8 Å². The number of rotatable bonds is 7. The number of carbonyl (C=O) groups is 1. The van der Waals surface area contributed by atoms with E-state index in [1.54, 1.807) is 58.2 Å². The minimum absolute atomic E-state index is 0.0153. The molecule has 0 unspecified atom stereocenters. The molecule has 0 aliphatic rings. The Hall–Kier alpha value is -4.41. The van der Waals surface area contributed by atoms with Crippen LogP contribution in [-0.2, 0) is 4.74 Å². The topological polar surface area (TPSA) is 141 Å². The van der Waals surface area contributed by atoms with Gasteiger partial charge in [-0.3, -0.25) is 15.4 Å². The summed E-state index contributed by atoms with van der Waals surface area (Å²) in [6, 6.07) is 12.0. The highest BCUT2D eigenvalue weighted by molar-refractivity contribution is 5.85. The van der Waals surface area contributed by atoms with Crippen molar-refractivity contribution >= 4 is 40.6 Å². The SMILES string of the molecule is COc1ccc(Nc2ncc([N+](=O)[O-])c(Nc3ccc(NC(=O)OC(C)(C)C)cc3)n2)c(C)c1. The van der Waals surface area contributed by atoms with Gasteiger partial charge in [0.05, 0.1) is 12.0 Å². The summed E-state index contributed by atoms with van der Waals surface area (Å²) in [5.74, 6) is 0.908. The number of benzene rings is 2. The fraction of sp³-hybridized carbons (Fsp3) is 0.261. The molecule has 2 aromatic carbocycles. The molecule has 11 heteroatoms. The van der Waals surface area contributed by atoms with Crippen LogP contribution in [0, 0.1) is 17.0 Å². The highest BCUT2D eigenvalue weighted by Gasteiger charge is 2.19. The second-order valence-electron chi connectivity index (χ2n) is 8.32. The normalized spacial score (nSPS) is 10.9. The molecule has 0 saturated carbocycles. The van der Waals surface area contributed by atoms with Gasteiger partial charge in [0.1, 0.15) is 17.5 Å². The zero-order valence-electron chi connectivity index (χ0n) is 19.5. The average molecular weight is 466 g/mol. The highest BCUT2D eigenvalue weighted by atomic mass is 16.6. The summed E-state index contributed by atoms with van der Waals surface area (Å²) in [7, 11) is 1.58. The first-order valence-corrected chi connectivity index (χ1v) is 10.3. The van der Waals surface area contributed by atoms with E-state index in [0.717, 1.165) is 17.4 Å². The van der Waals surface area contributed by atoms with Crippen LogP contribution in [0.25, 0.3) is 0 Å². The van der Waals surface area contributed by atoms with Crippen molar-refractivity contribution in [2.24, 2.45) is 0 Å². The van der Waals surface area contributed by atoms with Gasteiger partial charge < -0.3 is 20.1 Å². The van der Waals surface area contributed by atoms with E-state index in [0.29, 0.717) is 17.1 Å². The molecule has 1 aromatic heterocycles. The molecule has 0 spiro atoms. The van der Waals surface area contributed by atoms with Crippen LogP contribution in [0.3, 0.4) is 0 Å². The van der Waals surface area contributed by atoms with Gasteiger partial charge in [-0.05, 0) is 75.7 Å². The van der Waals surface area contributed by atoms with Gasteiger partial charge in [-0.2, -0.15) is 4.98 Å². The largest absolute Gasteiger partial charge is 0.497 e. The van der Waals surface area contributed by atoms with E-state index in [2.05, 4.69) is 25.9 Å². The predicted octanol–water partition coefficient (Wildman–Crippen LogP) is 5.54. The molecule has 0 radical (unpaired) electrons. The Bertz CT molecular complexity index is 1190. The van der Waals surface area contributed by atoms with Crippen molar-refractivity contribution in [3.8, 4) is 5.75 Å². The van der Waals surface area contributed by atoms with E-state index >= 15 is 0 Å². The van der Waals surface area contributed by atoms with Crippen molar-refractivity contribution in [2.75, 3.05) is 23.1 Å². The molecular weight excluding hydrogens is 440 g/mol. The lowest BCUT2D eigenvalue weighted by atomic mass is 10.2. The summed E-state index contributed by atoms with van der Waals surface area (Å²) in [6.07, 6.45) is 0.554. The van der Waals surface area contributed by atoms with E-state index in [1.807, 2.05) is 19.1 Å². The van der Waals surface area contributed by atoms with Crippen molar-refractivity contribution < 1.29 is 19.2 Å². The zero-order chi connectivity index (χ0) is 24.9. The van der Waals surface area contributed by atoms with E-state index in [-0.39, 0.29) is 17.5 Å². The first kappa shape index (κ1) is 24.2. The Morgan fingerprint density at radius 1 is 1.06 bits per heavy atom. The molecule has 0 aliphatic heterocycles. The van der Waals surface area contributed by atoms with Crippen LogP contribution in [0.1, 0.15) is 26.3 Å². The van der Waals surface area contributed by atoms with E-state index in [1.165, 1.54) is 0 Å². The lowest BCUT2D eigenvalue weighted by Crippen LogP contribution is -2.27. The fourth-order valence-corrected chi connectivity index (χ4v) is 2.88. The minimum atomic E-state index is -0.617. The number of anilines is 5. The number of methoxy groups -OCH3 is 1. The number of carbonyl (C=O) groups excluding carboxylic acids is 1. The number of aromatic nitrogens is 2. The quantitative estimate of drug-likeness (QED) is 0.302. The summed E-state index contributed by atoms with van der Waals surface area (Å²) in [5.41, 5.74) is 1.76. The molecule has 3 aromatic rings. The molecule has 3 rings (SSSR count). The first-order valence-electron chi connectivity index (χ1n) is 10.3. The first-order chi connectivity index (χ1) is 16.0. The molecule has 178 valence electrons. The third-order valence-corrected chi connectivity index (χ3v) is 4.44. The maximum Gasteiger partial charge on any atom is 0.412 e. The fourth-order valence-electron chi connectivity index (χ4n) is 2.88. The van der Waals surface area contributed by atoms with Crippen LogP contribution in [0.5, 0.6) is 5.75 Å². The van der Waals surface area contributed by atoms with Gasteiger partial charge in [0.25, 0.3) is 0 Å². The Kier molecular flexibility index (Phi) is 7.15. The monoisotopic (exact) mass is 466 g/mol. The molecule has 0 fully saturated rings. The van der Waals surface area contributed by atoms with Gasteiger partial charge in [0.15, 0.2) is 0 Å². The van der Waals surface area contributed by atoms with Crippen LogP contribution in [0.2, 0.25) is 0 Å². The molecule has 1 heterocycles. The molecule has 1 amide bonds. The van der Waals surface area contributed by atoms with Gasteiger partial charge in [0, 0.05) is 17.1 Å². The summed E-state index contributed by atoms with van der Waals surface area (Å²) in [4.78, 5) is 31.2. The number of ether oxygens (including phenoxy) is 2.